The van der Waals surface area contributed by atoms with Crippen molar-refractivity contribution in [3.63, 3.8) is 0 Å². The summed E-state index contributed by atoms with van der Waals surface area (Å²) in [5.41, 5.74) is 8.71. The number of methoxy groups -OCH3 is 1. The van der Waals surface area contributed by atoms with E-state index in [1.807, 2.05) is 56.4 Å². The molecule has 0 bridgehead atoms. The van der Waals surface area contributed by atoms with Gasteiger partial charge in [0, 0.05) is 36.3 Å². The lowest BCUT2D eigenvalue weighted by Gasteiger charge is -2.23. The van der Waals surface area contributed by atoms with Gasteiger partial charge in [-0.25, -0.2) is 4.79 Å². The van der Waals surface area contributed by atoms with E-state index in [1.54, 1.807) is 6.20 Å². The van der Waals surface area contributed by atoms with Gasteiger partial charge in [0.1, 0.15) is 5.75 Å². The molecule has 178 valence electrons. The molecule has 0 saturated carbocycles. The molecule has 5 nitrogen and oxygen atoms in total. The molecule has 0 unspecified atom stereocenters. The summed E-state index contributed by atoms with van der Waals surface area (Å²) in [6, 6.07) is 15.8. The van der Waals surface area contributed by atoms with Crippen molar-refractivity contribution in [3.8, 4) is 28.1 Å². The summed E-state index contributed by atoms with van der Waals surface area (Å²) < 4.78 is 13.2. The average molecular weight is 487 g/mol. The molecule has 1 aliphatic carbocycles. The molecule has 4 aromatic rings. The Morgan fingerprint density at radius 1 is 1.11 bits per heavy atom. The number of aromatic nitrogens is 2. The SMILES string of the molecule is COC(=O)c1ccc(-c2cn(Cc3cccnc3)c3c2CCc2cc(Cl)c(OC(C)C)cc2-3)cc1. The number of nitrogens with zero attached hydrogens (tertiary/aromatic N) is 2. The highest BCUT2D eigenvalue weighted by Gasteiger charge is 2.26. The van der Waals surface area contributed by atoms with Crippen LogP contribution in [0, 0.1) is 0 Å². The summed E-state index contributed by atoms with van der Waals surface area (Å²) in [5, 5.41) is 0.643. The molecule has 2 heterocycles. The van der Waals surface area contributed by atoms with Crippen molar-refractivity contribution in [2.24, 2.45) is 0 Å². The third-order valence-electron chi connectivity index (χ3n) is 6.30. The van der Waals surface area contributed by atoms with Gasteiger partial charge in [-0.05, 0) is 79.3 Å². The highest BCUT2D eigenvalue weighted by molar-refractivity contribution is 6.32. The molecule has 5 rings (SSSR count). The van der Waals surface area contributed by atoms with E-state index in [2.05, 4.69) is 27.9 Å². The molecule has 35 heavy (non-hydrogen) atoms. The number of aryl methyl sites for hydroxylation is 1. The van der Waals surface area contributed by atoms with E-state index in [1.165, 1.54) is 23.9 Å². The van der Waals surface area contributed by atoms with Crippen LogP contribution in [-0.2, 0) is 24.1 Å². The highest BCUT2D eigenvalue weighted by Crippen LogP contribution is 2.44. The number of hydrogen-bond acceptors (Lipinski definition) is 4. The summed E-state index contributed by atoms with van der Waals surface area (Å²) in [6.07, 6.45) is 7.72. The maximum atomic E-state index is 11.9. The average Bonchev–Trinajstić information content (AvgIpc) is 3.23. The lowest BCUT2D eigenvalue weighted by Crippen LogP contribution is -2.11. The fourth-order valence-corrected chi connectivity index (χ4v) is 4.99. The van der Waals surface area contributed by atoms with Crippen molar-refractivity contribution in [3.05, 3.63) is 94.4 Å². The summed E-state index contributed by atoms with van der Waals surface area (Å²) >= 11 is 6.58. The van der Waals surface area contributed by atoms with Gasteiger partial charge in [0.05, 0.1) is 29.5 Å². The van der Waals surface area contributed by atoms with Crippen LogP contribution in [-0.4, -0.2) is 28.7 Å². The Labute approximate surface area is 210 Å². The van der Waals surface area contributed by atoms with Gasteiger partial charge in [-0.15, -0.1) is 0 Å². The predicted octanol–water partition coefficient (Wildman–Crippen LogP) is 6.59. The van der Waals surface area contributed by atoms with Gasteiger partial charge in [-0.3, -0.25) is 4.98 Å². The summed E-state index contributed by atoms with van der Waals surface area (Å²) in [7, 11) is 1.39. The topological polar surface area (TPSA) is 53.4 Å². The van der Waals surface area contributed by atoms with Crippen molar-refractivity contribution in [1.82, 2.24) is 9.55 Å². The van der Waals surface area contributed by atoms with Crippen LogP contribution in [0.2, 0.25) is 5.02 Å². The molecule has 0 amide bonds. The quantitative estimate of drug-likeness (QED) is 0.288. The molecule has 0 N–H and O–H groups in total. The highest BCUT2D eigenvalue weighted by atomic mass is 35.5. The predicted molar refractivity (Wildman–Crippen MR) is 138 cm³/mol. The molecule has 0 fully saturated rings. The number of esters is 1. The molecule has 0 aliphatic heterocycles. The second kappa shape index (κ2) is 9.59. The van der Waals surface area contributed by atoms with Crippen LogP contribution in [0.15, 0.2) is 67.1 Å². The van der Waals surface area contributed by atoms with Gasteiger partial charge in [0.15, 0.2) is 0 Å². The number of pyridine rings is 1. The molecule has 0 radical (unpaired) electrons. The second-order valence-electron chi connectivity index (χ2n) is 9.03. The minimum absolute atomic E-state index is 0.0275. The van der Waals surface area contributed by atoms with Gasteiger partial charge in [-0.1, -0.05) is 29.8 Å². The maximum Gasteiger partial charge on any atom is 0.337 e. The first-order chi connectivity index (χ1) is 16.9. The number of ether oxygens (including phenoxy) is 2. The van der Waals surface area contributed by atoms with Crippen molar-refractivity contribution in [2.75, 3.05) is 7.11 Å². The number of fused-ring (bicyclic) bond motifs is 3. The van der Waals surface area contributed by atoms with Crippen LogP contribution in [0.3, 0.4) is 0 Å². The minimum atomic E-state index is -0.337. The molecule has 2 aromatic carbocycles. The van der Waals surface area contributed by atoms with E-state index in [0.717, 1.165) is 35.1 Å². The zero-order valence-corrected chi connectivity index (χ0v) is 20.8. The lowest BCUT2D eigenvalue weighted by molar-refractivity contribution is 0.0600. The maximum absolute atomic E-state index is 11.9. The van der Waals surface area contributed by atoms with Crippen LogP contribution < -0.4 is 4.74 Å². The second-order valence-corrected chi connectivity index (χ2v) is 9.44. The standard InChI is InChI=1S/C29H27ClN2O3/c1-18(2)35-27-14-24-22(13-26(27)30)10-11-23-25(20-6-8-21(9-7-20)29(33)34-3)17-32(28(23)24)16-19-5-4-12-31-15-19/h4-9,12-15,17-18H,10-11,16H2,1-3H3. The first-order valence-corrected chi connectivity index (χ1v) is 12.1. The van der Waals surface area contributed by atoms with E-state index in [-0.39, 0.29) is 12.1 Å². The van der Waals surface area contributed by atoms with E-state index < -0.39 is 0 Å². The number of benzene rings is 2. The van der Waals surface area contributed by atoms with Crippen LogP contribution in [0.1, 0.15) is 40.9 Å². The van der Waals surface area contributed by atoms with Gasteiger partial charge in [0.2, 0.25) is 0 Å². The van der Waals surface area contributed by atoms with Crippen molar-refractivity contribution >= 4 is 17.6 Å². The molecule has 0 atom stereocenters. The fourth-order valence-electron chi connectivity index (χ4n) is 4.76. The number of hydrogen-bond donors (Lipinski definition) is 0. The Kier molecular flexibility index (Phi) is 6.35. The summed E-state index contributed by atoms with van der Waals surface area (Å²) in [5.74, 6) is 0.364. The van der Waals surface area contributed by atoms with Crippen LogP contribution >= 0.6 is 11.6 Å². The van der Waals surface area contributed by atoms with Crippen LogP contribution in [0.25, 0.3) is 22.4 Å². The van der Waals surface area contributed by atoms with E-state index in [9.17, 15) is 4.79 Å². The van der Waals surface area contributed by atoms with Crippen LogP contribution in [0.4, 0.5) is 0 Å². The minimum Gasteiger partial charge on any atom is -0.489 e. The smallest absolute Gasteiger partial charge is 0.337 e. The van der Waals surface area contributed by atoms with E-state index >= 15 is 0 Å². The first kappa shape index (κ1) is 23.2. The summed E-state index contributed by atoms with van der Waals surface area (Å²) in [4.78, 5) is 16.2. The molecule has 2 aromatic heterocycles. The Morgan fingerprint density at radius 3 is 2.60 bits per heavy atom. The number of halogens is 1. The third kappa shape index (κ3) is 4.56. The Morgan fingerprint density at radius 2 is 1.91 bits per heavy atom. The first-order valence-electron chi connectivity index (χ1n) is 11.7. The van der Waals surface area contributed by atoms with Gasteiger partial charge < -0.3 is 14.0 Å². The molecule has 0 spiro atoms. The molecule has 0 saturated heterocycles. The molecule has 1 aliphatic rings. The number of rotatable bonds is 6. The van der Waals surface area contributed by atoms with Crippen molar-refractivity contribution in [1.29, 1.82) is 0 Å². The Balaban J connectivity index is 1.66. The number of carbonyl (C=O) groups excluding carboxylic acids is 1. The van der Waals surface area contributed by atoms with Crippen molar-refractivity contribution < 1.29 is 14.3 Å². The molecular formula is C29H27ClN2O3. The summed E-state index contributed by atoms with van der Waals surface area (Å²) in [6.45, 7) is 4.70. The zero-order valence-electron chi connectivity index (χ0n) is 20.0. The Bertz CT molecular complexity index is 1380. The van der Waals surface area contributed by atoms with Gasteiger partial charge >= 0.3 is 5.97 Å². The largest absolute Gasteiger partial charge is 0.489 e. The third-order valence-corrected chi connectivity index (χ3v) is 6.59. The van der Waals surface area contributed by atoms with Crippen molar-refractivity contribution in [2.45, 2.75) is 39.3 Å². The van der Waals surface area contributed by atoms with Gasteiger partial charge in [-0.2, -0.15) is 0 Å². The Hall–Kier alpha value is -3.57. The fraction of sp³-hybridized carbons (Fsp3) is 0.241. The normalized spacial score (nSPS) is 12.3. The van der Waals surface area contributed by atoms with E-state index in [4.69, 9.17) is 21.1 Å². The van der Waals surface area contributed by atoms with Gasteiger partial charge in [0.25, 0.3) is 0 Å². The molecule has 6 heteroatoms. The molecular weight excluding hydrogens is 460 g/mol. The lowest BCUT2D eigenvalue weighted by atomic mass is 9.87. The monoisotopic (exact) mass is 486 g/mol. The zero-order chi connectivity index (χ0) is 24.5. The van der Waals surface area contributed by atoms with Crippen LogP contribution in [0.5, 0.6) is 5.75 Å². The number of carbonyl (C=O) groups is 1. The van der Waals surface area contributed by atoms with E-state index in [0.29, 0.717) is 22.9 Å².